The number of hydrogen-bond acceptors (Lipinski definition) is 4. The molecular weight excluding hydrogens is 232 g/mol. The molecule has 2 unspecified atom stereocenters. The molecule has 2 atom stereocenters. The Bertz CT molecular complexity index is 462. The average molecular weight is 250 g/mol. The first-order valence-corrected chi connectivity index (χ1v) is 6.05. The van der Waals surface area contributed by atoms with Crippen LogP contribution in [0, 0.1) is 5.92 Å². The van der Waals surface area contributed by atoms with Crippen LogP contribution >= 0.6 is 0 Å². The Balaban J connectivity index is 2.34. The number of aliphatic hydroxyl groups is 1. The van der Waals surface area contributed by atoms with Gasteiger partial charge >= 0.3 is 5.97 Å². The number of hydrogen-bond donors (Lipinski definition) is 3. The van der Waals surface area contributed by atoms with Gasteiger partial charge in [0, 0.05) is 17.9 Å². The summed E-state index contributed by atoms with van der Waals surface area (Å²) in [4.78, 5) is 13.1. The Kier molecular flexibility index (Phi) is 3.43. The monoisotopic (exact) mass is 250 g/mol. The van der Waals surface area contributed by atoms with Crippen LogP contribution in [0.1, 0.15) is 23.7 Å². The molecule has 98 valence electrons. The van der Waals surface area contributed by atoms with Crippen LogP contribution in [0.25, 0.3) is 0 Å². The quantitative estimate of drug-likeness (QED) is 0.701. The van der Waals surface area contributed by atoms with Gasteiger partial charge in [-0.25, -0.2) is 4.79 Å². The Hall–Kier alpha value is -1.75. The third kappa shape index (κ3) is 2.13. The van der Waals surface area contributed by atoms with E-state index < -0.39 is 5.97 Å². The normalized spacial score (nSPS) is 23.3. The largest absolute Gasteiger partial charge is 0.478 e. The maximum Gasteiger partial charge on any atom is 0.337 e. The molecule has 0 radical (unpaired) electrons. The van der Waals surface area contributed by atoms with Crippen molar-refractivity contribution in [1.82, 2.24) is 0 Å². The summed E-state index contributed by atoms with van der Waals surface area (Å²) in [6.45, 7) is 3.00. The minimum absolute atomic E-state index is 0.0512. The van der Waals surface area contributed by atoms with Crippen molar-refractivity contribution < 1.29 is 15.0 Å². The number of anilines is 2. The summed E-state index contributed by atoms with van der Waals surface area (Å²) < 4.78 is 0. The van der Waals surface area contributed by atoms with Gasteiger partial charge in [-0.1, -0.05) is 6.92 Å². The molecule has 5 nitrogen and oxygen atoms in total. The Morgan fingerprint density at radius 3 is 2.89 bits per heavy atom. The number of nitrogens with zero attached hydrogens (tertiary/aromatic N) is 1. The first kappa shape index (κ1) is 12.7. The average Bonchev–Trinajstić information content (AvgIpc) is 2.70. The van der Waals surface area contributed by atoms with Crippen molar-refractivity contribution in [3.63, 3.8) is 0 Å². The fourth-order valence-electron chi connectivity index (χ4n) is 2.52. The van der Waals surface area contributed by atoms with Gasteiger partial charge in [-0.3, -0.25) is 0 Å². The molecule has 1 aromatic rings. The van der Waals surface area contributed by atoms with Crippen LogP contribution in [0.2, 0.25) is 0 Å². The first-order valence-electron chi connectivity index (χ1n) is 6.05. The van der Waals surface area contributed by atoms with Gasteiger partial charge < -0.3 is 20.8 Å². The molecule has 2 rings (SSSR count). The zero-order chi connectivity index (χ0) is 13.3. The van der Waals surface area contributed by atoms with Gasteiger partial charge in [-0.15, -0.1) is 0 Å². The van der Waals surface area contributed by atoms with Crippen LogP contribution in [-0.2, 0) is 0 Å². The molecule has 5 heteroatoms. The number of nitrogen functional groups attached to an aromatic ring is 1. The van der Waals surface area contributed by atoms with E-state index in [0.29, 0.717) is 5.92 Å². The molecule has 0 aliphatic carbocycles. The number of aliphatic hydroxyl groups excluding tert-OH is 1. The highest BCUT2D eigenvalue weighted by Gasteiger charge is 2.31. The van der Waals surface area contributed by atoms with E-state index in [1.165, 1.54) is 0 Å². The summed E-state index contributed by atoms with van der Waals surface area (Å²) in [6, 6.07) is 5.05. The Morgan fingerprint density at radius 2 is 2.28 bits per heavy atom. The van der Waals surface area contributed by atoms with E-state index in [0.717, 1.165) is 18.7 Å². The van der Waals surface area contributed by atoms with Gasteiger partial charge in [0.05, 0.1) is 18.2 Å². The second-order valence-electron chi connectivity index (χ2n) is 4.79. The molecule has 18 heavy (non-hydrogen) atoms. The predicted octanol–water partition coefficient (Wildman–Crippen LogP) is 1.17. The van der Waals surface area contributed by atoms with E-state index in [1.807, 2.05) is 6.07 Å². The topological polar surface area (TPSA) is 86.8 Å². The van der Waals surface area contributed by atoms with Crippen LogP contribution in [0.3, 0.4) is 0 Å². The molecule has 0 aromatic heterocycles. The maximum atomic E-state index is 11.1. The standard InChI is InChI=1S/C13H18N2O3/c1-8-4-5-15(12(8)7-16)9-2-3-11(14)10(6-9)13(17)18/h2-3,6,8,12,16H,4-5,7,14H2,1H3,(H,17,18). The Morgan fingerprint density at radius 1 is 1.56 bits per heavy atom. The zero-order valence-corrected chi connectivity index (χ0v) is 10.3. The molecule has 1 saturated heterocycles. The van der Waals surface area contributed by atoms with Crippen molar-refractivity contribution >= 4 is 17.3 Å². The van der Waals surface area contributed by atoms with E-state index in [1.54, 1.807) is 12.1 Å². The summed E-state index contributed by atoms with van der Waals surface area (Å²) in [5, 5.41) is 18.5. The lowest BCUT2D eigenvalue weighted by Gasteiger charge is -2.27. The van der Waals surface area contributed by atoms with Crippen molar-refractivity contribution in [3.8, 4) is 0 Å². The molecule has 1 fully saturated rings. The minimum Gasteiger partial charge on any atom is -0.478 e. The molecule has 0 bridgehead atoms. The lowest BCUT2D eigenvalue weighted by Crippen LogP contribution is -2.35. The number of benzene rings is 1. The van der Waals surface area contributed by atoms with E-state index in [9.17, 15) is 9.90 Å². The second kappa shape index (κ2) is 4.86. The molecule has 0 spiro atoms. The van der Waals surface area contributed by atoms with Crippen LogP contribution in [0.4, 0.5) is 11.4 Å². The summed E-state index contributed by atoms with van der Waals surface area (Å²) in [7, 11) is 0. The van der Waals surface area contributed by atoms with Crippen molar-refractivity contribution in [1.29, 1.82) is 0 Å². The summed E-state index contributed by atoms with van der Waals surface area (Å²) >= 11 is 0. The molecule has 0 amide bonds. The van der Waals surface area contributed by atoms with Crippen LogP contribution in [-0.4, -0.2) is 35.4 Å². The third-order valence-corrected chi connectivity index (χ3v) is 3.67. The van der Waals surface area contributed by atoms with Crippen molar-refractivity contribution in [3.05, 3.63) is 23.8 Å². The fourth-order valence-corrected chi connectivity index (χ4v) is 2.52. The Labute approximate surface area is 106 Å². The van der Waals surface area contributed by atoms with Gasteiger partial charge in [0.25, 0.3) is 0 Å². The van der Waals surface area contributed by atoms with E-state index in [-0.39, 0.29) is 23.9 Å². The molecule has 0 saturated carbocycles. The second-order valence-corrected chi connectivity index (χ2v) is 4.79. The minimum atomic E-state index is -1.03. The zero-order valence-electron chi connectivity index (χ0n) is 10.3. The van der Waals surface area contributed by atoms with Crippen molar-refractivity contribution in [2.75, 3.05) is 23.8 Å². The van der Waals surface area contributed by atoms with Gasteiger partial charge in [0.2, 0.25) is 0 Å². The molecular formula is C13H18N2O3. The molecule has 1 heterocycles. The molecule has 1 aliphatic heterocycles. The number of nitrogens with two attached hydrogens (primary N) is 1. The highest BCUT2D eigenvalue weighted by Crippen LogP contribution is 2.31. The van der Waals surface area contributed by atoms with Crippen LogP contribution in [0.5, 0.6) is 0 Å². The summed E-state index contributed by atoms with van der Waals surface area (Å²) in [5.74, 6) is -0.622. The van der Waals surface area contributed by atoms with Crippen LogP contribution < -0.4 is 10.6 Å². The van der Waals surface area contributed by atoms with E-state index >= 15 is 0 Å². The highest BCUT2D eigenvalue weighted by atomic mass is 16.4. The number of aromatic carboxylic acids is 1. The summed E-state index contributed by atoms with van der Waals surface area (Å²) in [5.41, 5.74) is 6.82. The molecule has 1 aliphatic rings. The summed E-state index contributed by atoms with van der Waals surface area (Å²) in [6.07, 6.45) is 0.998. The lowest BCUT2D eigenvalue weighted by molar-refractivity contribution is 0.0698. The van der Waals surface area contributed by atoms with E-state index in [2.05, 4.69) is 11.8 Å². The molecule has 1 aromatic carbocycles. The fraction of sp³-hybridized carbons (Fsp3) is 0.462. The first-order chi connectivity index (χ1) is 8.54. The van der Waals surface area contributed by atoms with E-state index in [4.69, 9.17) is 10.8 Å². The third-order valence-electron chi connectivity index (χ3n) is 3.67. The number of carboxylic acids is 1. The maximum absolute atomic E-state index is 11.1. The van der Waals surface area contributed by atoms with Crippen molar-refractivity contribution in [2.24, 2.45) is 5.92 Å². The van der Waals surface area contributed by atoms with Gasteiger partial charge in [0.15, 0.2) is 0 Å². The lowest BCUT2D eigenvalue weighted by atomic mass is 10.0. The van der Waals surface area contributed by atoms with Crippen LogP contribution in [0.15, 0.2) is 18.2 Å². The number of carbonyl (C=O) groups is 1. The van der Waals surface area contributed by atoms with Crippen molar-refractivity contribution in [2.45, 2.75) is 19.4 Å². The van der Waals surface area contributed by atoms with Gasteiger partial charge in [-0.05, 0) is 30.5 Å². The van der Waals surface area contributed by atoms with Gasteiger partial charge in [0.1, 0.15) is 0 Å². The highest BCUT2D eigenvalue weighted by molar-refractivity contribution is 5.94. The number of carboxylic acid groups (broad SMARTS) is 1. The smallest absolute Gasteiger partial charge is 0.337 e. The SMILES string of the molecule is CC1CCN(c2ccc(N)c(C(=O)O)c2)C1CO. The van der Waals surface area contributed by atoms with Gasteiger partial charge in [-0.2, -0.15) is 0 Å². The number of rotatable bonds is 3. The predicted molar refractivity (Wildman–Crippen MR) is 69.8 cm³/mol. The molecule has 4 N–H and O–H groups in total.